The molecule has 0 spiro atoms. The molecule has 0 heterocycles. The zero-order chi connectivity index (χ0) is 15.6. The Balaban J connectivity index is 2.25. The molecule has 0 unspecified atom stereocenters. The first-order valence-electron chi connectivity index (χ1n) is 5.99. The normalized spacial score (nSPS) is 10.2. The van der Waals surface area contributed by atoms with Gasteiger partial charge in [-0.3, -0.25) is 4.79 Å². The van der Waals surface area contributed by atoms with Crippen molar-refractivity contribution in [2.24, 2.45) is 0 Å². The maximum absolute atomic E-state index is 12.1. The van der Waals surface area contributed by atoms with E-state index in [4.69, 9.17) is 16.7 Å². The van der Waals surface area contributed by atoms with Gasteiger partial charge in [0.15, 0.2) is 0 Å². The van der Waals surface area contributed by atoms with E-state index in [9.17, 15) is 9.59 Å². The smallest absolute Gasteiger partial charge is 0.336 e. The number of rotatable bonds is 3. The van der Waals surface area contributed by atoms with Gasteiger partial charge in [-0.2, -0.15) is 0 Å². The molecule has 21 heavy (non-hydrogen) atoms. The largest absolute Gasteiger partial charge is 0.478 e. The van der Waals surface area contributed by atoms with Crippen LogP contribution in [-0.2, 0) is 0 Å². The standard InChI is InChI=1S/C15H11BrClNO3/c1-8-2-3-9(6-13(8)17)14(19)18-10-4-5-12(16)11(7-10)15(20)21/h2-7H,1H3,(H,18,19)(H,20,21). The predicted molar refractivity (Wildman–Crippen MR) is 85.2 cm³/mol. The minimum Gasteiger partial charge on any atom is -0.478 e. The molecule has 0 aliphatic heterocycles. The first-order valence-corrected chi connectivity index (χ1v) is 7.16. The summed E-state index contributed by atoms with van der Waals surface area (Å²) in [6, 6.07) is 9.56. The zero-order valence-corrected chi connectivity index (χ0v) is 13.3. The van der Waals surface area contributed by atoms with Gasteiger partial charge in [-0.05, 0) is 58.7 Å². The van der Waals surface area contributed by atoms with Crippen molar-refractivity contribution in [1.82, 2.24) is 0 Å². The quantitative estimate of drug-likeness (QED) is 0.846. The molecule has 2 N–H and O–H groups in total. The van der Waals surface area contributed by atoms with Crippen LogP contribution in [0.15, 0.2) is 40.9 Å². The lowest BCUT2D eigenvalue weighted by Gasteiger charge is -2.08. The highest BCUT2D eigenvalue weighted by molar-refractivity contribution is 9.10. The molecule has 0 radical (unpaired) electrons. The number of aromatic carboxylic acids is 1. The molecule has 2 aromatic rings. The lowest BCUT2D eigenvalue weighted by molar-refractivity contribution is 0.0695. The summed E-state index contributed by atoms with van der Waals surface area (Å²) in [4.78, 5) is 23.2. The average Bonchev–Trinajstić information content (AvgIpc) is 2.43. The molecule has 0 aromatic heterocycles. The molecular weight excluding hydrogens is 358 g/mol. The Labute approximate surface area is 134 Å². The number of carbonyl (C=O) groups excluding carboxylic acids is 1. The van der Waals surface area contributed by atoms with E-state index in [0.29, 0.717) is 20.7 Å². The van der Waals surface area contributed by atoms with Gasteiger partial charge in [-0.1, -0.05) is 17.7 Å². The number of hydrogen-bond acceptors (Lipinski definition) is 2. The van der Waals surface area contributed by atoms with E-state index in [2.05, 4.69) is 21.2 Å². The number of carboxylic acid groups (broad SMARTS) is 1. The minimum absolute atomic E-state index is 0.0785. The molecule has 0 fully saturated rings. The lowest BCUT2D eigenvalue weighted by atomic mass is 10.1. The van der Waals surface area contributed by atoms with Crippen LogP contribution in [0.1, 0.15) is 26.3 Å². The Morgan fingerprint density at radius 1 is 1.19 bits per heavy atom. The van der Waals surface area contributed by atoms with Gasteiger partial charge in [0.2, 0.25) is 0 Å². The van der Waals surface area contributed by atoms with Gasteiger partial charge < -0.3 is 10.4 Å². The third-order valence-electron chi connectivity index (χ3n) is 2.89. The SMILES string of the molecule is Cc1ccc(C(=O)Nc2ccc(Br)c(C(=O)O)c2)cc1Cl. The van der Waals surface area contributed by atoms with E-state index in [1.165, 1.54) is 6.07 Å². The van der Waals surface area contributed by atoms with Gasteiger partial charge in [0.1, 0.15) is 0 Å². The number of nitrogens with one attached hydrogen (secondary N) is 1. The number of amides is 1. The summed E-state index contributed by atoms with van der Waals surface area (Å²) in [7, 11) is 0. The maximum Gasteiger partial charge on any atom is 0.336 e. The van der Waals surface area contributed by atoms with Gasteiger partial charge >= 0.3 is 5.97 Å². The van der Waals surface area contributed by atoms with Crippen molar-refractivity contribution in [3.05, 3.63) is 62.6 Å². The third kappa shape index (κ3) is 3.62. The second kappa shape index (κ2) is 6.28. The van der Waals surface area contributed by atoms with Gasteiger partial charge in [0.25, 0.3) is 5.91 Å². The molecule has 4 nitrogen and oxygen atoms in total. The van der Waals surface area contributed by atoms with Crippen LogP contribution in [0.5, 0.6) is 0 Å². The van der Waals surface area contributed by atoms with E-state index in [0.717, 1.165) is 5.56 Å². The third-order valence-corrected chi connectivity index (χ3v) is 3.99. The number of carboxylic acids is 1. The number of hydrogen-bond donors (Lipinski definition) is 2. The van der Waals surface area contributed by atoms with Crippen LogP contribution < -0.4 is 5.32 Å². The summed E-state index contributed by atoms with van der Waals surface area (Å²) >= 11 is 9.13. The second-order valence-electron chi connectivity index (χ2n) is 4.42. The summed E-state index contributed by atoms with van der Waals surface area (Å²) in [6.45, 7) is 1.85. The van der Waals surface area contributed by atoms with Crippen molar-refractivity contribution in [2.75, 3.05) is 5.32 Å². The van der Waals surface area contributed by atoms with Crippen molar-refractivity contribution >= 4 is 45.1 Å². The Bertz CT molecular complexity index is 731. The highest BCUT2D eigenvalue weighted by Gasteiger charge is 2.12. The molecule has 0 bridgehead atoms. The maximum atomic E-state index is 12.1. The average molecular weight is 369 g/mol. The molecule has 0 saturated heterocycles. The van der Waals surface area contributed by atoms with Gasteiger partial charge in [0.05, 0.1) is 5.56 Å². The molecule has 0 aliphatic rings. The first kappa shape index (κ1) is 15.5. The van der Waals surface area contributed by atoms with E-state index in [-0.39, 0.29) is 11.5 Å². The van der Waals surface area contributed by atoms with Crippen molar-refractivity contribution in [3.63, 3.8) is 0 Å². The van der Waals surface area contributed by atoms with E-state index >= 15 is 0 Å². The summed E-state index contributed by atoms with van der Waals surface area (Å²) in [5, 5.41) is 12.2. The fraction of sp³-hybridized carbons (Fsp3) is 0.0667. The molecule has 0 aliphatic carbocycles. The van der Waals surface area contributed by atoms with E-state index < -0.39 is 5.97 Å². The van der Waals surface area contributed by atoms with Crippen molar-refractivity contribution in [1.29, 1.82) is 0 Å². The van der Waals surface area contributed by atoms with Gasteiger partial charge in [-0.25, -0.2) is 4.79 Å². The van der Waals surface area contributed by atoms with E-state index in [1.807, 2.05) is 6.92 Å². The van der Waals surface area contributed by atoms with Gasteiger partial charge in [0, 0.05) is 20.7 Å². The number of anilines is 1. The van der Waals surface area contributed by atoms with Crippen LogP contribution in [0.2, 0.25) is 5.02 Å². The van der Waals surface area contributed by atoms with Crippen LogP contribution in [0.25, 0.3) is 0 Å². The predicted octanol–water partition coefficient (Wildman–Crippen LogP) is 4.36. The number of carbonyl (C=O) groups is 2. The zero-order valence-electron chi connectivity index (χ0n) is 11.0. The molecule has 0 atom stereocenters. The highest BCUT2D eigenvalue weighted by Crippen LogP contribution is 2.22. The second-order valence-corrected chi connectivity index (χ2v) is 5.68. The lowest BCUT2D eigenvalue weighted by Crippen LogP contribution is -2.12. The Morgan fingerprint density at radius 2 is 1.90 bits per heavy atom. The van der Waals surface area contributed by atoms with Crippen molar-refractivity contribution in [3.8, 4) is 0 Å². The number of benzene rings is 2. The molecule has 6 heteroatoms. The number of aryl methyl sites for hydroxylation is 1. The summed E-state index contributed by atoms with van der Waals surface area (Å²) in [5.74, 6) is -1.42. The summed E-state index contributed by atoms with van der Waals surface area (Å²) in [5.41, 5.74) is 1.77. The van der Waals surface area contributed by atoms with Crippen molar-refractivity contribution < 1.29 is 14.7 Å². The molecular formula is C15H11BrClNO3. The molecule has 2 rings (SSSR count). The Kier molecular flexibility index (Phi) is 4.65. The monoisotopic (exact) mass is 367 g/mol. The highest BCUT2D eigenvalue weighted by atomic mass is 79.9. The van der Waals surface area contributed by atoms with Crippen LogP contribution in [0.4, 0.5) is 5.69 Å². The van der Waals surface area contributed by atoms with Crippen LogP contribution >= 0.6 is 27.5 Å². The van der Waals surface area contributed by atoms with Gasteiger partial charge in [-0.15, -0.1) is 0 Å². The van der Waals surface area contributed by atoms with Crippen LogP contribution in [0.3, 0.4) is 0 Å². The van der Waals surface area contributed by atoms with Crippen LogP contribution in [-0.4, -0.2) is 17.0 Å². The van der Waals surface area contributed by atoms with Crippen molar-refractivity contribution in [2.45, 2.75) is 6.92 Å². The fourth-order valence-corrected chi connectivity index (χ4v) is 2.30. The topological polar surface area (TPSA) is 66.4 Å². The fourth-order valence-electron chi connectivity index (χ4n) is 1.70. The molecule has 108 valence electrons. The molecule has 1 amide bonds. The number of halogens is 2. The molecule has 2 aromatic carbocycles. The van der Waals surface area contributed by atoms with E-state index in [1.54, 1.807) is 30.3 Å². The van der Waals surface area contributed by atoms with Crippen LogP contribution in [0, 0.1) is 6.92 Å². The summed E-state index contributed by atoms with van der Waals surface area (Å²) < 4.78 is 0.450. The minimum atomic E-state index is -1.07. The Hall–Kier alpha value is -1.85. The first-order chi connectivity index (χ1) is 9.88. The molecule has 0 saturated carbocycles. The summed E-state index contributed by atoms with van der Waals surface area (Å²) in [6.07, 6.45) is 0. The Morgan fingerprint density at radius 3 is 2.52 bits per heavy atom.